The maximum atomic E-state index is 12.3. The van der Waals surface area contributed by atoms with Gasteiger partial charge in [0.05, 0.1) is 10.7 Å². The van der Waals surface area contributed by atoms with Crippen molar-refractivity contribution in [3.05, 3.63) is 33.2 Å². The van der Waals surface area contributed by atoms with Crippen molar-refractivity contribution >= 4 is 21.6 Å². The summed E-state index contributed by atoms with van der Waals surface area (Å²) in [5, 5.41) is 7.29. The zero-order chi connectivity index (χ0) is 13.1. The van der Waals surface area contributed by atoms with Crippen LogP contribution in [0.3, 0.4) is 0 Å². The van der Waals surface area contributed by atoms with Crippen molar-refractivity contribution in [3.8, 4) is 0 Å². The highest BCUT2D eigenvalue weighted by Gasteiger charge is 2.20. The zero-order valence-electron chi connectivity index (χ0n) is 10.6. The maximum absolute atomic E-state index is 12.3. The minimum atomic E-state index is -0.0578. The molecular formula is C13H18BrN3O. The average molecular weight is 312 g/mol. The van der Waals surface area contributed by atoms with Crippen molar-refractivity contribution in [3.63, 3.8) is 0 Å². The van der Waals surface area contributed by atoms with E-state index in [-0.39, 0.29) is 5.56 Å². The summed E-state index contributed by atoms with van der Waals surface area (Å²) in [5.41, 5.74) is 1.51. The van der Waals surface area contributed by atoms with Crippen LogP contribution in [0.15, 0.2) is 27.6 Å². The number of halogens is 1. The summed E-state index contributed by atoms with van der Waals surface area (Å²) < 4.78 is 2.27. The predicted octanol–water partition coefficient (Wildman–Crippen LogP) is 2.79. The van der Waals surface area contributed by atoms with Crippen LogP contribution in [0, 0.1) is 5.92 Å². The molecule has 98 valence electrons. The van der Waals surface area contributed by atoms with E-state index in [1.165, 1.54) is 19.3 Å². The largest absolute Gasteiger partial charge is 0.376 e. The summed E-state index contributed by atoms with van der Waals surface area (Å²) in [5.74, 6) is 0.616. The van der Waals surface area contributed by atoms with Gasteiger partial charge in [-0.3, -0.25) is 4.79 Å². The Balaban J connectivity index is 2.18. The van der Waals surface area contributed by atoms with Crippen LogP contribution in [-0.2, 0) is 6.54 Å². The van der Waals surface area contributed by atoms with Crippen LogP contribution in [0.4, 0.5) is 5.69 Å². The molecule has 5 heteroatoms. The molecule has 0 atom stereocenters. The second-order valence-electron chi connectivity index (χ2n) is 4.96. The Kier molecular flexibility index (Phi) is 4.22. The van der Waals surface area contributed by atoms with Gasteiger partial charge in [0, 0.05) is 13.1 Å². The molecule has 0 aromatic carbocycles. The van der Waals surface area contributed by atoms with Crippen molar-refractivity contribution in [2.24, 2.45) is 5.92 Å². The van der Waals surface area contributed by atoms with E-state index in [9.17, 15) is 4.79 Å². The van der Waals surface area contributed by atoms with E-state index in [2.05, 4.69) is 32.9 Å². The van der Waals surface area contributed by atoms with Crippen molar-refractivity contribution in [1.29, 1.82) is 0 Å². The number of anilines is 1. The second-order valence-corrected chi connectivity index (χ2v) is 5.82. The fourth-order valence-electron chi connectivity index (χ4n) is 1.92. The summed E-state index contributed by atoms with van der Waals surface area (Å²) >= 11 is 3.36. The summed E-state index contributed by atoms with van der Waals surface area (Å²) in [4.78, 5) is 12.3. The Labute approximate surface area is 115 Å². The smallest absolute Gasteiger partial charge is 0.291 e. The van der Waals surface area contributed by atoms with Crippen LogP contribution in [0.2, 0.25) is 0 Å². The van der Waals surface area contributed by atoms with Crippen LogP contribution in [0.1, 0.15) is 26.2 Å². The van der Waals surface area contributed by atoms with E-state index >= 15 is 0 Å². The van der Waals surface area contributed by atoms with E-state index in [0.29, 0.717) is 22.6 Å². The number of hydrogen-bond donors (Lipinski definition) is 1. The molecule has 1 aliphatic rings. The van der Waals surface area contributed by atoms with Gasteiger partial charge in [0.15, 0.2) is 0 Å². The quantitative estimate of drug-likeness (QED) is 0.851. The Bertz CT molecular complexity index is 505. The lowest BCUT2D eigenvalue weighted by Crippen LogP contribution is -2.31. The van der Waals surface area contributed by atoms with Crippen LogP contribution >= 0.6 is 15.9 Å². The van der Waals surface area contributed by atoms with Crippen molar-refractivity contribution < 1.29 is 0 Å². The molecule has 0 bridgehead atoms. The highest BCUT2D eigenvalue weighted by molar-refractivity contribution is 9.10. The molecule has 18 heavy (non-hydrogen) atoms. The normalized spacial score (nSPS) is 15.2. The van der Waals surface area contributed by atoms with Gasteiger partial charge in [-0.2, -0.15) is 5.10 Å². The molecule has 2 rings (SSSR count). The summed E-state index contributed by atoms with van der Waals surface area (Å²) in [6.07, 6.45) is 5.37. The minimum Gasteiger partial charge on any atom is -0.376 e. The Hall–Kier alpha value is -1.10. The molecule has 4 nitrogen and oxygen atoms in total. The van der Waals surface area contributed by atoms with Gasteiger partial charge in [-0.05, 0) is 41.6 Å². The van der Waals surface area contributed by atoms with Crippen LogP contribution in [-0.4, -0.2) is 16.3 Å². The van der Waals surface area contributed by atoms with E-state index in [4.69, 9.17) is 0 Å². The predicted molar refractivity (Wildman–Crippen MR) is 76.8 cm³/mol. The monoisotopic (exact) mass is 311 g/mol. The van der Waals surface area contributed by atoms with Gasteiger partial charge in [-0.25, -0.2) is 4.68 Å². The molecule has 1 N–H and O–H groups in total. The second kappa shape index (κ2) is 5.69. The summed E-state index contributed by atoms with van der Waals surface area (Å²) in [7, 11) is 0. The molecule has 0 amide bonds. The first-order valence-electron chi connectivity index (χ1n) is 6.22. The molecule has 1 saturated carbocycles. The Morgan fingerprint density at radius 1 is 1.67 bits per heavy atom. The highest BCUT2D eigenvalue weighted by Crippen LogP contribution is 2.27. The lowest BCUT2D eigenvalue weighted by Gasteiger charge is -2.25. The number of nitrogens with one attached hydrogen (secondary N) is 1. The van der Waals surface area contributed by atoms with Gasteiger partial charge in [0.2, 0.25) is 0 Å². The average Bonchev–Trinajstić information content (AvgIpc) is 2.25. The fourth-order valence-corrected chi connectivity index (χ4v) is 2.32. The topological polar surface area (TPSA) is 46.9 Å². The summed E-state index contributed by atoms with van der Waals surface area (Å²) in [6, 6.07) is 0. The number of hydrogen-bond acceptors (Lipinski definition) is 3. The first-order chi connectivity index (χ1) is 8.58. The molecular weight excluding hydrogens is 294 g/mol. The molecule has 0 spiro atoms. The third-order valence-corrected chi connectivity index (χ3v) is 3.82. The lowest BCUT2D eigenvalue weighted by molar-refractivity contribution is 0.262. The van der Waals surface area contributed by atoms with Crippen molar-refractivity contribution in [2.75, 3.05) is 11.9 Å². The van der Waals surface area contributed by atoms with Crippen LogP contribution in [0.5, 0.6) is 0 Å². The van der Waals surface area contributed by atoms with E-state index in [1.807, 2.05) is 6.92 Å². The molecule has 1 aromatic heterocycles. The lowest BCUT2D eigenvalue weighted by atomic mass is 9.85. The van der Waals surface area contributed by atoms with Crippen LogP contribution < -0.4 is 10.9 Å². The summed E-state index contributed by atoms with van der Waals surface area (Å²) in [6.45, 7) is 7.07. The Morgan fingerprint density at radius 2 is 2.39 bits per heavy atom. The molecule has 1 aromatic rings. The number of nitrogens with zero attached hydrogens (tertiary/aromatic N) is 2. The van der Waals surface area contributed by atoms with E-state index in [0.717, 1.165) is 12.1 Å². The molecule has 1 aliphatic carbocycles. The standard InChI is InChI=1S/C13H18BrN3O/c1-9(2)6-15-12-11(14)7-16-17(13(12)18)8-10-4-3-5-10/h7,10,15H,1,3-6,8H2,2H3. The fraction of sp³-hybridized carbons (Fsp3) is 0.538. The molecule has 0 aliphatic heterocycles. The van der Waals surface area contributed by atoms with E-state index < -0.39 is 0 Å². The molecule has 0 radical (unpaired) electrons. The Morgan fingerprint density at radius 3 is 2.94 bits per heavy atom. The zero-order valence-corrected chi connectivity index (χ0v) is 12.2. The van der Waals surface area contributed by atoms with Crippen LogP contribution in [0.25, 0.3) is 0 Å². The molecule has 0 unspecified atom stereocenters. The van der Waals surface area contributed by atoms with Crippen molar-refractivity contribution in [2.45, 2.75) is 32.7 Å². The molecule has 1 heterocycles. The van der Waals surface area contributed by atoms with Gasteiger partial charge in [0.25, 0.3) is 5.56 Å². The third kappa shape index (κ3) is 3.02. The third-order valence-electron chi connectivity index (χ3n) is 3.22. The van der Waals surface area contributed by atoms with Crippen molar-refractivity contribution in [1.82, 2.24) is 9.78 Å². The SMILES string of the molecule is C=C(C)CNc1c(Br)cnn(CC2CCC2)c1=O. The minimum absolute atomic E-state index is 0.0578. The van der Waals surface area contributed by atoms with Gasteiger partial charge < -0.3 is 5.32 Å². The maximum Gasteiger partial charge on any atom is 0.291 e. The highest BCUT2D eigenvalue weighted by atomic mass is 79.9. The van der Waals surface area contributed by atoms with Gasteiger partial charge in [0.1, 0.15) is 5.69 Å². The van der Waals surface area contributed by atoms with Gasteiger partial charge in [-0.1, -0.05) is 18.6 Å². The van der Waals surface area contributed by atoms with Gasteiger partial charge in [-0.15, -0.1) is 0 Å². The van der Waals surface area contributed by atoms with E-state index in [1.54, 1.807) is 10.9 Å². The van der Waals surface area contributed by atoms with Gasteiger partial charge >= 0.3 is 0 Å². The first kappa shape index (κ1) is 13.3. The molecule has 1 fully saturated rings. The number of rotatable bonds is 5. The first-order valence-corrected chi connectivity index (χ1v) is 7.01. The molecule has 0 saturated heterocycles. The number of aromatic nitrogens is 2.